The van der Waals surface area contributed by atoms with E-state index in [4.69, 9.17) is 4.74 Å². The van der Waals surface area contributed by atoms with Gasteiger partial charge in [-0.1, -0.05) is 50.8 Å². The number of rotatable bonds is 8. The Labute approximate surface area is 157 Å². The first-order valence-corrected chi connectivity index (χ1v) is 10.5. The maximum Gasteiger partial charge on any atom is 0.331 e. The van der Waals surface area contributed by atoms with Gasteiger partial charge >= 0.3 is 5.97 Å². The second kappa shape index (κ2) is 10.2. The predicted molar refractivity (Wildman–Crippen MR) is 103 cm³/mol. The van der Waals surface area contributed by atoms with Crippen molar-refractivity contribution >= 4 is 16.0 Å². The molecule has 6 heteroatoms. The highest BCUT2D eigenvalue weighted by molar-refractivity contribution is 7.89. The third kappa shape index (κ3) is 5.77. The van der Waals surface area contributed by atoms with Crippen molar-refractivity contribution in [2.45, 2.75) is 64.8 Å². The molecule has 0 aliphatic rings. The number of nitrogens with zero attached hydrogens (tertiary/aromatic N) is 1. The average Bonchev–Trinajstić information content (AvgIpc) is 2.57. The van der Waals surface area contributed by atoms with E-state index >= 15 is 0 Å². The van der Waals surface area contributed by atoms with Crippen molar-refractivity contribution in [3.8, 4) is 12.0 Å². The lowest BCUT2D eigenvalue weighted by molar-refractivity contribution is -0.148. The van der Waals surface area contributed by atoms with Gasteiger partial charge in [0.15, 0.2) is 6.04 Å². The number of carbonyl (C=O) groups is 1. The fourth-order valence-corrected chi connectivity index (χ4v) is 3.89. The topological polar surface area (TPSA) is 63.7 Å². The molecule has 0 fully saturated rings. The predicted octanol–water partition coefficient (Wildman–Crippen LogP) is 3.72. The fourth-order valence-electron chi connectivity index (χ4n) is 2.37. The third-order valence-electron chi connectivity index (χ3n) is 3.83. The van der Waals surface area contributed by atoms with Crippen molar-refractivity contribution in [2.24, 2.45) is 5.92 Å². The Hall–Kier alpha value is -2.00. The normalized spacial score (nSPS) is 12.2. The summed E-state index contributed by atoms with van der Waals surface area (Å²) >= 11 is 0. The van der Waals surface area contributed by atoms with Gasteiger partial charge in [-0.2, -0.15) is 0 Å². The molecule has 0 spiro atoms. The van der Waals surface area contributed by atoms with E-state index in [0.717, 1.165) is 22.7 Å². The van der Waals surface area contributed by atoms with Crippen LogP contribution in [0.3, 0.4) is 0 Å². The van der Waals surface area contributed by atoms with Crippen LogP contribution in [0.15, 0.2) is 29.2 Å². The Morgan fingerprint density at radius 3 is 2.31 bits per heavy atom. The molecule has 0 aromatic heterocycles. The molecule has 1 aromatic carbocycles. The van der Waals surface area contributed by atoms with Crippen LogP contribution >= 0.6 is 0 Å². The quantitative estimate of drug-likeness (QED) is 0.299. The summed E-state index contributed by atoms with van der Waals surface area (Å²) in [6, 6.07) is 8.26. The molecule has 0 unspecified atom stereocenters. The molecule has 0 heterocycles. The van der Waals surface area contributed by atoms with Crippen LogP contribution in [-0.4, -0.2) is 31.3 Å². The molecule has 0 saturated carbocycles. The van der Waals surface area contributed by atoms with E-state index in [9.17, 15) is 13.2 Å². The standard InChI is InChI=1S/C20H29NO4S/c1-6-8-9-10-15-21(19(16(3)4)20(22)25-7-2)26(23,24)18-13-11-17(5)12-14-18/h11-14,16,19H,6-9H2,1-5H3/t19-/m0/s1. The molecule has 1 aromatic rings. The lowest BCUT2D eigenvalue weighted by Crippen LogP contribution is -2.46. The van der Waals surface area contributed by atoms with Crippen molar-refractivity contribution in [3.63, 3.8) is 0 Å². The fraction of sp³-hybridized carbons (Fsp3) is 0.550. The minimum absolute atomic E-state index is 0.114. The molecule has 0 aliphatic carbocycles. The Morgan fingerprint density at radius 1 is 1.19 bits per heavy atom. The van der Waals surface area contributed by atoms with Crippen molar-refractivity contribution in [1.29, 1.82) is 0 Å². The second-order valence-electron chi connectivity index (χ2n) is 6.45. The SMILES string of the molecule is CCCCC#CN([C@H](C(=O)OCC)C(C)C)S(=O)(=O)c1ccc(C)cc1. The van der Waals surface area contributed by atoms with Crippen LogP contribution in [0.2, 0.25) is 0 Å². The lowest BCUT2D eigenvalue weighted by Gasteiger charge is -2.28. The van der Waals surface area contributed by atoms with Gasteiger partial charge in [-0.3, -0.25) is 0 Å². The molecular weight excluding hydrogens is 350 g/mol. The number of hydrogen-bond acceptors (Lipinski definition) is 4. The largest absolute Gasteiger partial charge is 0.464 e. The van der Waals surface area contributed by atoms with Crippen molar-refractivity contribution in [2.75, 3.05) is 6.61 Å². The number of sulfonamides is 1. The van der Waals surface area contributed by atoms with Gasteiger partial charge in [0.25, 0.3) is 10.0 Å². The van der Waals surface area contributed by atoms with E-state index in [1.165, 1.54) is 12.1 Å². The van der Waals surface area contributed by atoms with E-state index in [0.29, 0.717) is 6.42 Å². The Balaban J connectivity index is 3.39. The Bertz CT molecular complexity index is 742. The molecule has 0 bridgehead atoms. The van der Waals surface area contributed by atoms with Crippen LogP contribution in [-0.2, 0) is 19.6 Å². The van der Waals surface area contributed by atoms with E-state index < -0.39 is 22.0 Å². The van der Waals surface area contributed by atoms with Crippen molar-refractivity contribution in [1.82, 2.24) is 4.31 Å². The summed E-state index contributed by atoms with van der Waals surface area (Å²) in [6.07, 6.45) is 2.41. The van der Waals surface area contributed by atoms with Gasteiger partial charge < -0.3 is 4.74 Å². The number of benzene rings is 1. The van der Waals surface area contributed by atoms with Gasteiger partial charge in [-0.25, -0.2) is 17.5 Å². The lowest BCUT2D eigenvalue weighted by atomic mass is 10.1. The maximum atomic E-state index is 13.2. The number of aryl methyl sites for hydroxylation is 1. The van der Waals surface area contributed by atoms with Gasteiger partial charge in [-0.05, 0) is 38.3 Å². The zero-order chi connectivity index (χ0) is 19.7. The molecular formula is C20H29NO4S. The Kier molecular flexibility index (Phi) is 8.67. The highest BCUT2D eigenvalue weighted by atomic mass is 32.2. The van der Waals surface area contributed by atoms with Gasteiger partial charge in [-0.15, -0.1) is 0 Å². The van der Waals surface area contributed by atoms with E-state index in [2.05, 4.69) is 12.0 Å². The summed E-state index contributed by atoms with van der Waals surface area (Å²) in [4.78, 5) is 12.6. The second-order valence-corrected chi connectivity index (χ2v) is 8.26. The Morgan fingerprint density at radius 2 is 1.81 bits per heavy atom. The molecule has 1 atom stereocenters. The molecule has 1 rings (SSSR count). The first kappa shape index (κ1) is 22.0. The minimum atomic E-state index is -3.95. The molecule has 5 nitrogen and oxygen atoms in total. The van der Waals surface area contributed by atoms with Gasteiger partial charge in [0, 0.05) is 12.5 Å². The van der Waals surface area contributed by atoms with Crippen LogP contribution in [0, 0.1) is 24.8 Å². The highest BCUT2D eigenvalue weighted by Crippen LogP contribution is 2.23. The number of ether oxygens (including phenoxy) is 1. The summed E-state index contributed by atoms with van der Waals surface area (Å²) in [6.45, 7) is 9.37. The zero-order valence-electron chi connectivity index (χ0n) is 16.3. The van der Waals surface area contributed by atoms with E-state index in [1.807, 2.05) is 13.8 Å². The summed E-state index contributed by atoms with van der Waals surface area (Å²) in [5.41, 5.74) is 0.954. The van der Waals surface area contributed by atoms with Crippen LogP contribution in [0.4, 0.5) is 0 Å². The highest BCUT2D eigenvalue weighted by Gasteiger charge is 2.37. The van der Waals surface area contributed by atoms with Crippen LogP contribution in [0.1, 0.15) is 52.5 Å². The number of unbranched alkanes of at least 4 members (excludes halogenated alkanes) is 2. The average molecular weight is 380 g/mol. The number of hydrogen-bond donors (Lipinski definition) is 0. The van der Waals surface area contributed by atoms with E-state index in [1.54, 1.807) is 32.9 Å². The summed E-state index contributed by atoms with van der Waals surface area (Å²) < 4.78 is 32.4. The van der Waals surface area contributed by atoms with Gasteiger partial charge in [0.1, 0.15) is 0 Å². The number of carbonyl (C=O) groups excluding carboxylic acids is 1. The van der Waals surface area contributed by atoms with Crippen LogP contribution in [0.5, 0.6) is 0 Å². The summed E-state index contributed by atoms with van der Waals surface area (Å²) in [5, 5.41) is 0. The first-order valence-electron chi connectivity index (χ1n) is 9.01. The smallest absolute Gasteiger partial charge is 0.331 e. The van der Waals surface area contributed by atoms with Gasteiger partial charge in [0.2, 0.25) is 0 Å². The van der Waals surface area contributed by atoms with E-state index in [-0.39, 0.29) is 17.4 Å². The molecule has 0 amide bonds. The molecule has 0 N–H and O–H groups in total. The summed E-state index contributed by atoms with van der Waals surface area (Å²) in [5.74, 6) is 2.03. The molecule has 0 radical (unpaired) electrons. The van der Waals surface area contributed by atoms with Gasteiger partial charge in [0.05, 0.1) is 11.5 Å². The monoisotopic (exact) mass is 379 g/mol. The molecule has 26 heavy (non-hydrogen) atoms. The molecule has 0 aliphatic heterocycles. The van der Waals surface area contributed by atoms with Crippen molar-refractivity contribution in [3.05, 3.63) is 29.8 Å². The summed E-state index contributed by atoms with van der Waals surface area (Å²) in [7, 11) is -3.95. The van der Waals surface area contributed by atoms with Crippen molar-refractivity contribution < 1.29 is 17.9 Å². The molecule has 144 valence electrons. The minimum Gasteiger partial charge on any atom is -0.464 e. The maximum absolute atomic E-state index is 13.2. The molecule has 0 saturated heterocycles. The van der Waals surface area contributed by atoms with Crippen LogP contribution < -0.4 is 0 Å². The first-order chi connectivity index (χ1) is 12.3. The zero-order valence-corrected chi connectivity index (χ0v) is 17.1. The number of esters is 1. The third-order valence-corrected chi connectivity index (χ3v) is 5.54. The van der Waals surface area contributed by atoms with Crippen LogP contribution in [0.25, 0.3) is 0 Å².